The molecule has 118 valence electrons. The quantitative estimate of drug-likeness (QED) is 0.326. The number of aliphatic imine (C=N–C) groups is 1. The van der Waals surface area contributed by atoms with Crippen molar-refractivity contribution in [3.8, 4) is 0 Å². The second-order valence-electron chi connectivity index (χ2n) is 5.05. The summed E-state index contributed by atoms with van der Waals surface area (Å²) in [5, 5.41) is 9.23. The lowest BCUT2D eigenvalue weighted by Crippen LogP contribution is -2.41. The fourth-order valence-corrected chi connectivity index (χ4v) is 1.90. The molecule has 5 nitrogen and oxygen atoms in total. The van der Waals surface area contributed by atoms with Crippen molar-refractivity contribution in [3.63, 3.8) is 0 Å². The van der Waals surface area contributed by atoms with E-state index in [1.54, 1.807) is 0 Å². The maximum absolute atomic E-state index is 10.8. The molecule has 0 radical (unpaired) electrons. The average molecular weight is 284 g/mol. The third kappa shape index (κ3) is 10.6. The molecule has 0 aromatic rings. The maximum atomic E-state index is 10.8. The first-order valence-electron chi connectivity index (χ1n) is 7.90. The van der Waals surface area contributed by atoms with Crippen LogP contribution < -0.4 is 16.0 Å². The minimum absolute atomic E-state index is 0.000600. The van der Waals surface area contributed by atoms with E-state index in [0.717, 1.165) is 19.0 Å². The van der Waals surface area contributed by atoms with E-state index in [1.165, 1.54) is 32.6 Å². The normalized spacial score (nSPS) is 12.9. The van der Waals surface area contributed by atoms with E-state index in [4.69, 9.17) is 0 Å². The monoisotopic (exact) mass is 284 g/mol. The molecule has 0 aromatic carbocycles. The molecule has 1 atom stereocenters. The van der Waals surface area contributed by atoms with Crippen LogP contribution in [0.2, 0.25) is 0 Å². The van der Waals surface area contributed by atoms with Crippen LogP contribution in [-0.4, -0.2) is 38.0 Å². The van der Waals surface area contributed by atoms with Gasteiger partial charge in [0.15, 0.2) is 5.96 Å². The van der Waals surface area contributed by atoms with Crippen LogP contribution in [0.15, 0.2) is 4.99 Å². The molecule has 0 spiro atoms. The molecule has 20 heavy (non-hydrogen) atoms. The number of guanidine groups is 1. The second kappa shape index (κ2) is 12.8. The Balaban J connectivity index is 4.12. The van der Waals surface area contributed by atoms with Crippen molar-refractivity contribution in [2.24, 2.45) is 10.9 Å². The van der Waals surface area contributed by atoms with Gasteiger partial charge in [0.1, 0.15) is 0 Å². The van der Waals surface area contributed by atoms with Gasteiger partial charge in [-0.15, -0.1) is 0 Å². The lowest BCUT2D eigenvalue weighted by molar-refractivity contribution is -0.118. The number of unbranched alkanes of at least 4 members (excludes halogenated alkanes) is 1. The molecule has 0 saturated carbocycles. The number of hydrogen-bond donors (Lipinski definition) is 3. The van der Waals surface area contributed by atoms with Gasteiger partial charge < -0.3 is 16.0 Å². The standard InChI is InChI=1S/C15H32N4O/c1-5-8-9-14(6-2)12-19-15(16-7-3)18-11-10-17-13(4)20/h14H,5-12H2,1-4H3,(H,17,20)(H2,16,18,19). The van der Waals surface area contributed by atoms with E-state index in [-0.39, 0.29) is 5.91 Å². The minimum atomic E-state index is -0.000600. The lowest BCUT2D eigenvalue weighted by Gasteiger charge is -2.15. The zero-order valence-corrected chi connectivity index (χ0v) is 13.6. The maximum Gasteiger partial charge on any atom is 0.216 e. The van der Waals surface area contributed by atoms with Crippen LogP contribution in [0.1, 0.15) is 53.4 Å². The Hall–Kier alpha value is -1.26. The van der Waals surface area contributed by atoms with Gasteiger partial charge in [0.2, 0.25) is 5.91 Å². The van der Waals surface area contributed by atoms with Crippen LogP contribution in [0.3, 0.4) is 0 Å². The smallest absolute Gasteiger partial charge is 0.216 e. The van der Waals surface area contributed by atoms with Crippen LogP contribution >= 0.6 is 0 Å². The summed E-state index contributed by atoms with van der Waals surface area (Å²) in [7, 11) is 0. The number of carbonyl (C=O) groups excluding carboxylic acids is 1. The molecule has 1 amide bonds. The summed E-state index contributed by atoms with van der Waals surface area (Å²) in [6.07, 6.45) is 4.95. The van der Waals surface area contributed by atoms with E-state index in [0.29, 0.717) is 19.0 Å². The van der Waals surface area contributed by atoms with E-state index >= 15 is 0 Å². The average Bonchev–Trinajstić information content (AvgIpc) is 2.43. The lowest BCUT2D eigenvalue weighted by atomic mass is 10.00. The van der Waals surface area contributed by atoms with E-state index < -0.39 is 0 Å². The van der Waals surface area contributed by atoms with Crippen LogP contribution in [-0.2, 0) is 4.79 Å². The highest BCUT2D eigenvalue weighted by Crippen LogP contribution is 2.12. The SMILES string of the molecule is CCCCC(CC)CN=C(NCC)NCCNC(C)=O. The number of amides is 1. The Morgan fingerprint density at radius 1 is 1.10 bits per heavy atom. The topological polar surface area (TPSA) is 65.5 Å². The Morgan fingerprint density at radius 2 is 1.80 bits per heavy atom. The van der Waals surface area contributed by atoms with Gasteiger partial charge >= 0.3 is 0 Å². The first-order chi connectivity index (χ1) is 9.63. The highest BCUT2D eigenvalue weighted by molar-refractivity contribution is 5.79. The van der Waals surface area contributed by atoms with Crippen molar-refractivity contribution in [2.45, 2.75) is 53.4 Å². The zero-order valence-electron chi connectivity index (χ0n) is 13.6. The molecule has 0 rings (SSSR count). The molecule has 5 heteroatoms. The van der Waals surface area contributed by atoms with Crippen molar-refractivity contribution >= 4 is 11.9 Å². The molecular weight excluding hydrogens is 252 g/mol. The first-order valence-corrected chi connectivity index (χ1v) is 7.90. The van der Waals surface area contributed by atoms with Gasteiger partial charge in [0.05, 0.1) is 0 Å². The van der Waals surface area contributed by atoms with Crippen LogP contribution in [0, 0.1) is 5.92 Å². The zero-order chi connectivity index (χ0) is 15.2. The van der Waals surface area contributed by atoms with E-state index in [1.807, 2.05) is 0 Å². The minimum Gasteiger partial charge on any atom is -0.357 e. The van der Waals surface area contributed by atoms with Crippen molar-refractivity contribution in [1.29, 1.82) is 0 Å². The fourth-order valence-electron chi connectivity index (χ4n) is 1.90. The number of nitrogens with zero attached hydrogens (tertiary/aromatic N) is 1. The molecule has 0 heterocycles. The van der Waals surface area contributed by atoms with Crippen LogP contribution in [0.25, 0.3) is 0 Å². The number of rotatable bonds is 10. The van der Waals surface area contributed by atoms with Crippen molar-refractivity contribution < 1.29 is 4.79 Å². The summed E-state index contributed by atoms with van der Waals surface area (Å²) in [4.78, 5) is 15.4. The highest BCUT2D eigenvalue weighted by Gasteiger charge is 2.05. The Kier molecular flexibility index (Phi) is 12.0. The summed E-state index contributed by atoms with van der Waals surface area (Å²) in [5.41, 5.74) is 0. The van der Waals surface area contributed by atoms with E-state index in [9.17, 15) is 4.79 Å². The largest absolute Gasteiger partial charge is 0.357 e. The van der Waals surface area contributed by atoms with Gasteiger partial charge in [-0.05, 0) is 19.3 Å². The summed E-state index contributed by atoms with van der Waals surface area (Å²) in [6, 6.07) is 0. The second-order valence-corrected chi connectivity index (χ2v) is 5.05. The summed E-state index contributed by atoms with van der Waals surface area (Å²) < 4.78 is 0. The van der Waals surface area contributed by atoms with Gasteiger partial charge in [0.25, 0.3) is 0 Å². The number of hydrogen-bond acceptors (Lipinski definition) is 2. The molecule has 0 bridgehead atoms. The van der Waals surface area contributed by atoms with Crippen LogP contribution in [0.5, 0.6) is 0 Å². The third-order valence-electron chi connectivity index (χ3n) is 3.19. The highest BCUT2D eigenvalue weighted by atomic mass is 16.1. The molecular formula is C15H32N4O. The number of nitrogens with one attached hydrogen (secondary N) is 3. The van der Waals surface area contributed by atoms with E-state index in [2.05, 4.69) is 41.7 Å². The molecule has 0 aliphatic rings. The molecule has 0 aliphatic heterocycles. The summed E-state index contributed by atoms with van der Waals surface area (Å²) >= 11 is 0. The summed E-state index contributed by atoms with van der Waals surface area (Å²) in [6.45, 7) is 11.1. The molecule has 0 fully saturated rings. The van der Waals surface area contributed by atoms with Gasteiger partial charge in [-0.3, -0.25) is 9.79 Å². The molecule has 0 aromatic heterocycles. The van der Waals surface area contributed by atoms with Gasteiger partial charge in [0, 0.05) is 33.1 Å². The Labute approximate surface area is 124 Å². The molecule has 0 saturated heterocycles. The van der Waals surface area contributed by atoms with Gasteiger partial charge in [-0.25, -0.2) is 0 Å². The van der Waals surface area contributed by atoms with Crippen molar-refractivity contribution in [2.75, 3.05) is 26.2 Å². The Bertz CT molecular complexity index is 279. The van der Waals surface area contributed by atoms with Crippen molar-refractivity contribution in [1.82, 2.24) is 16.0 Å². The predicted octanol–water partition coefficient (Wildman–Crippen LogP) is 1.89. The fraction of sp³-hybridized carbons (Fsp3) is 0.867. The molecule has 1 unspecified atom stereocenters. The summed E-state index contributed by atoms with van der Waals surface area (Å²) in [5.74, 6) is 1.51. The molecule has 0 aliphatic carbocycles. The first kappa shape index (κ1) is 18.7. The third-order valence-corrected chi connectivity index (χ3v) is 3.19. The van der Waals surface area contributed by atoms with Gasteiger partial charge in [-0.2, -0.15) is 0 Å². The van der Waals surface area contributed by atoms with Crippen LogP contribution in [0.4, 0.5) is 0 Å². The number of carbonyl (C=O) groups is 1. The van der Waals surface area contributed by atoms with Gasteiger partial charge in [-0.1, -0.05) is 33.1 Å². The van der Waals surface area contributed by atoms with Crippen molar-refractivity contribution in [3.05, 3.63) is 0 Å². The predicted molar refractivity (Wildman–Crippen MR) is 86.0 cm³/mol. The molecule has 3 N–H and O–H groups in total. The Morgan fingerprint density at radius 3 is 2.35 bits per heavy atom.